The molecule has 1 unspecified atom stereocenters. The number of allylic oxidation sites excluding steroid dienone is 1. The molecule has 3 amide bonds. The van der Waals surface area contributed by atoms with Crippen molar-refractivity contribution in [2.45, 2.75) is 18.9 Å². The minimum Gasteiger partial charge on any atom is -0.442 e. The van der Waals surface area contributed by atoms with Crippen LogP contribution in [0.4, 0.5) is 25.4 Å². The van der Waals surface area contributed by atoms with Gasteiger partial charge in [-0.05, 0) is 43.0 Å². The van der Waals surface area contributed by atoms with Gasteiger partial charge in [0.15, 0.2) is 0 Å². The summed E-state index contributed by atoms with van der Waals surface area (Å²) in [6.45, 7) is 1.63. The van der Waals surface area contributed by atoms with Gasteiger partial charge in [-0.25, -0.2) is 14.0 Å². The predicted octanol–water partition coefficient (Wildman–Crippen LogP) is 2.86. The molecule has 3 rings (SSSR count). The first-order valence-corrected chi connectivity index (χ1v) is 10.3. The third kappa shape index (κ3) is 4.74. The Labute approximate surface area is 172 Å². The fraction of sp³-hybridized carbons (Fsp3) is 0.421. The quantitative estimate of drug-likeness (QED) is 0.582. The summed E-state index contributed by atoms with van der Waals surface area (Å²) in [7, 11) is 0. The lowest BCUT2D eigenvalue weighted by atomic mass is 10.0. The minimum atomic E-state index is -0.614. The summed E-state index contributed by atoms with van der Waals surface area (Å²) in [4.78, 5) is 26.8. The summed E-state index contributed by atoms with van der Waals surface area (Å²) in [6.07, 6.45) is 3.58. The molecule has 2 N–H and O–H groups in total. The van der Waals surface area contributed by atoms with E-state index in [1.165, 1.54) is 15.3 Å². The number of urea groups is 1. The summed E-state index contributed by atoms with van der Waals surface area (Å²) >= 11 is 1.15. The van der Waals surface area contributed by atoms with Gasteiger partial charge >= 0.3 is 12.1 Å². The van der Waals surface area contributed by atoms with Crippen molar-refractivity contribution in [3.05, 3.63) is 35.7 Å². The number of hydrogen-bond acceptors (Lipinski definition) is 6. The molecule has 2 aliphatic rings. The largest absolute Gasteiger partial charge is 0.442 e. The number of nitriles is 1. The molecule has 1 atom stereocenters. The Morgan fingerprint density at radius 1 is 1.48 bits per heavy atom. The van der Waals surface area contributed by atoms with E-state index in [4.69, 9.17) is 15.7 Å². The van der Waals surface area contributed by atoms with E-state index in [1.807, 2.05) is 11.0 Å². The Kier molecular flexibility index (Phi) is 6.49. The summed E-state index contributed by atoms with van der Waals surface area (Å²) < 4.78 is 21.4. The summed E-state index contributed by atoms with van der Waals surface area (Å²) in [5.41, 5.74) is 7.22. The van der Waals surface area contributed by atoms with E-state index in [-0.39, 0.29) is 13.1 Å². The van der Waals surface area contributed by atoms with Gasteiger partial charge in [-0.2, -0.15) is 5.26 Å². The molecule has 29 heavy (non-hydrogen) atoms. The van der Waals surface area contributed by atoms with E-state index in [0.29, 0.717) is 24.5 Å². The predicted molar refractivity (Wildman–Crippen MR) is 109 cm³/mol. The van der Waals surface area contributed by atoms with Crippen molar-refractivity contribution in [2.24, 2.45) is 5.73 Å². The highest BCUT2D eigenvalue weighted by atomic mass is 32.2. The van der Waals surface area contributed by atoms with E-state index in [9.17, 15) is 14.0 Å². The van der Waals surface area contributed by atoms with Crippen molar-refractivity contribution in [1.82, 2.24) is 4.31 Å². The number of nitrogens with two attached hydrogens (primary N) is 1. The van der Waals surface area contributed by atoms with Crippen LogP contribution in [0.25, 0.3) is 0 Å². The normalized spacial score (nSPS) is 19.0. The number of carbonyl (C=O) groups excluding carboxylic acids is 2. The molecule has 154 valence electrons. The monoisotopic (exact) mass is 419 g/mol. The van der Waals surface area contributed by atoms with Gasteiger partial charge < -0.3 is 15.4 Å². The van der Waals surface area contributed by atoms with Crippen molar-refractivity contribution in [3.63, 3.8) is 0 Å². The zero-order valence-electron chi connectivity index (χ0n) is 16.0. The number of anilines is 2. The number of cyclic esters (lactones) is 1. The standard InChI is InChI=1S/C19H22FN5O3S/c1-29-25(18(22)26)12-15-11-24(19(27)28-15)14-2-3-17(16(20)10-14)23-8-5-13(4-7-21)6-9-23/h2-4,10,15H,5-6,8-9,11-12H2,1H3,(H2,22,26). The fourth-order valence-corrected chi connectivity index (χ4v) is 3.95. The third-order valence-corrected chi connectivity index (χ3v) is 5.74. The van der Waals surface area contributed by atoms with Crippen molar-refractivity contribution in [3.8, 4) is 6.07 Å². The first kappa shape index (κ1) is 20.8. The molecule has 8 nitrogen and oxygen atoms in total. The maximum absolute atomic E-state index is 14.8. The molecule has 2 aliphatic heterocycles. The van der Waals surface area contributed by atoms with E-state index < -0.39 is 24.0 Å². The Morgan fingerprint density at radius 2 is 2.21 bits per heavy atom. The van der Waals surface area contributed by atoms with Gasteiger partial charge in [0.1, 0.15) is 11.9 Å². The smallest absolute Gasteiger partial charge is 0.414 e. The van der Waals surface area contributed by atoms with Crippen molar-refractivity contribution in [2.75, 3.05) is 42.2 Å². The molecule has 0 aliphatic carbocycles. The van der Waals surface area contributed by atoms with Crippen LogP contribution < -0.4 is 15.5 Å². The number of amides is 3. The highest BCUT2D eigenvalue weighted by molar-refractivity contribution is 7.96. The van der Waals surface area contributed by atoms with Gasteiger partial charge in [-0.3, -0.25) is 9.21 Å². The van der Waals surface area contributed by atoms with Crippen LogP contribution in [0.15, 0.2) is 29.8 Å². The average molecular weight is 419 g/mol. The first-order chi connectivity index (χ1) is 13.9. The van der Waals surface area contributed by atoms with Crippen LogP contribution >= 0.6 is 11.9 Å². The fourth-order valence-electron chi connectivity index (χ4n) is 3.46. The van der Waals surface area contributed by atoms with Crippen LogP contribution in [-0.2, 0) is 4.74 Å². The van der Waals surface area contributed by atoms with E-state index in [0.717, 1.165) is 30.4 Å². The average Bonchev–Trinajstić information content (AvgIpc) is 3.07. The maximum Gasteiger partial charge on any atom is 0.414 e. The van der Waals surface area contributed by atoms with Crippen LogP contribution in [0.5, 0.6) is 0 Å². The van der Waals surface area contributed by atoms with Gasteiger partial charge in [0.05, 0.1) is 30.5 Å². The molecule has 0 aromatic heterocycles. The number of nitrogens with zero attached hydrogens (tertiary/aromatic N) is 4. The van der Waals surface area contributed by atoms with E-state index in [2.05, 4.69) is 0 Å². The number of ether oxygens (including phenoxy) is 1. The lowest BCUT2D eigenvalue weighted by molar-refractivity contribution is 0.132. The molecule has 0 spiro atoms. The molecule has 2 saturated heterocycles. The summed E-state index contributed by atoms with van der Waals surface area (Å²) in [5.74, 6) is -0.422. The number of benzene rings is 1. The van der Waals surface area contributed by atoms with Gasteiger partial charge in [-0.15, -0.1) is 0 Å². The first-order valence-electron chi connectivity index (χ1n) is 9.14. The molecule has 0 bridgehead atoms. The highest BCUT2D eigenvalue weighted by Crippen LogP contribution is 2.30. The lowest BCUT2D eigenvalue weighted by Crippen LogP contribution is -2.37. The molecular weight excluding hydrogens is 397 g/mol. The van der Waals surface area contributed by atoms with Crippen LogP contribution in [-0.4, -0.2) is 55.0 Å². The number of halogens is 1. The molecule has 0 saturated carbocycles. The second-order valence-corrected chi connectivity index (χ2v) is 7.56. The molecule has 2 fully saturated rings. The minimum absolute atomic E-state index is 0.158. The van der Waals surface area contributed by atoms with Gasteiger partial charge in [-0.1, -0.05) is 5.57 Å². The summed E-state index contributed by atoms with van der Waals surface area (Å²) in [6, 6.07) is 6.08. The maximum atomic E-state index is 14.8. The van der Waals surface area contributed by atoms with Crippen LogP contribution in [0.3, 0.4) is 0 Å². The Hall–Kier alpha value is -2.93. The number of primary amides is 1. The van der Waals surface area contributed by atoms with Gasteiger partial charge in [0, 0.05) is 25.4 Å². The Morgan fingerprint density at radius 3 is 2.79 bits per heavy atom. The van der Waals surface area contributed by atoms with Crippen LogP contribution in [0.1, 0.15) is 12.8 Å². The van der Waals surface area contributed by atoms with E-state index >= 15 is 0 Å². The molecule has 10 heteroatoms. The zero-order valence-corrected chi connectivity index (χ0v) is 16.8. The van der Waals surface area contributed by atoms with Gasteiger partial charge in [0.25, 0.3) is 0 Å². The number of hydrogen-bond donors (Lipinski definition) is 1. The van der Waals surface area contributed by atoms with Crippen LogP contribution in [0.2, 0.25) is 0 Å². The molecular formula is C19H22FN5O3S. The van der Waals surface area contributed by atoms with Crippen molar-refractivity contribution < 1.29 is 18.7 Å². The SMILES string of the molecule is CSN(CC1CN(c2ccc(N3CCC(=CC#N)CC3)c(F)c2)C(=O)O1)C(N)=O. The van der Waals surface area contributed by atoms with Crippen molar-refractivity contribution >= 4 is 35.4 Å². The second kappa shape index (κ2) is 9.05. The summed E-state index contributed by atoms with van der Waals surface area (Å²) in [5, 5.41) is 8.74. The zero-order chi connectivity index (χ0) is 21.0. The molecule has 1 aromatic carbocycles. The highest BCUT2D eigenvalue weighted by Gasteiger charge is 2.34. The van der Waals surface area contributed by atoms with Gasteiger partial charge in [0.2, 0.25) is 0 Å². The number of rotatable bonds is 5. The number of carbonyl (C=O) groups is 2. The third-order valence-electron chi connectivity index (χ3n) is 4.97. The number of piperidine rings is 1. The Bertz CT molecular complexity index is 862. The Balaban J connectivity index is 1.67. The molecule has 1 aromatic rings. The second-order valence-electron chi connectivity index (χ2n) is 6.75. The molecule has 2 heterocycles. The molecule has 0 radical (unpaired) electrons. The lowest BCUT2D eigenvalue weighted by Gasteiger charge is -2.30. The van der Waals surface area contributed by atoms with Crippen LogP contribution in [0, 0.1) is 17.1 Å². The topological polar surface area (TPSA) is 103 Å². The van der Waals surface area contributed by atoms with Crippen molar-refractivity contribution in [1.29, 1.82) is 5.26 Å². The van der Waals surface area contributed by atoms with E-state index in [1.54, 1.807) is 24.5 Å².